The lowest BCUT2D eigenvalue weighted by Gasteiger charge is -2.12. The summed E-state index contributed by atoms with van der Waals surface area (Å²) in [6, 6.07) is 8.79. The van der Waals surface area contributed by atoms with E-state index in [2.05, 4.69) is 27.0 Å². The van der Waals surface area contributed by atoms with Gasteiger partial charge >= 0.3 is 0 Å². The predicted octanol–water partition coefficient (Wildman–Crippen LogP) is 3.66. The van der Waals surface area contributed by atoms with Gasteiger partial charge in [-0.15, -0.1) is 0 Å². The molecular formula is C21H14F3N5. The minimum Gasteiger partial charge on any atom is -0.283 e. The quantitative estimate of drug-likeness (QED) is 0.383. The Morgan fingerprint density at radius 2 is 1.66 bits per heavy atom. The zero-order valence-electron chi connectivity index (χ0n) is 15.4. The van der Waals surface area contributed by atoms with Crippen molar-refractivity contribution < 1.29 is 13.2 Å². The molecule has 2 N–H and O–H groups in total. The van der Waals surface area contributed by atoms with Crippen molar-refractivity contribution in [2.45, 2.75) is 13.8 Å². The average Bonchev–Trinajstić information content (AvgIpc) is 3.07. The van der Waals surface area contributed by atoms with Gasteiger partial charge in [-0.05, 0) is 44.0 Å². The van der Waals surface area contributed by atoms with E-state index in [9.17, 15) is 13.2 Å². The van der Waals surface area contributed by atoms with Crippen molar-refractivity contribution in [1.82, 2.24) is 19.7 Å². The van der Waals surface area contributed by atoms with Gasteiger partial charge < -0.3 is 0 Å². The van der Waals surface area contributed by atoms with Gasteiger partial charge in [-0.3, -0.25) is 15.1 Å². The summed E-state index contributed by atoms with van der Waals surface area (Å²) in [5, 5.41) is 15.4. The van der Waals surface area contributed by atoms with Gasteiger partial charge in [0.1, 0.15) is 11.2 Å². The Hall–Kier alpha value is -3.86. The third-order valence-electron chi connectivity index (χ3n) is 4.43. The molecule has 0 amide bonds. The third-order valence-corrected chi connectivity index (χ3v) is 4.43. The maximum atomic E-state index is 14.5. The number of H-pyrrole nitrogens is 1. The Morgan fingerprint density at radius 3 is 2.38 bits per heavy atom. The molecule has 2 heterocycles. The van der Waals surface area contributed by atoms with E-state index in [4.69, 9.17) is 5.41 Å². The molecule has 4 rings (SSSR count). The van der Waals surface area contributed by atoms with Crippen LogP contribution >= 0.6 is 0 Å². The fourth-order valence-electron chi connectivity index (χ4n) is 2.94. The van der Waals surface area contributed by atoms with E-state index < -0.39 is 23.1 Å². The Balaban J connectivity index is 2.05. The summed E-state index contributed by atoms with van der Waals surface area (Å²) >= 11 is 0. The largest absolute Gasteiger partial charge is 0.283 e. The molecule has 0 saturated heterocycles. The molecule has 0 atom stereocenters. The molecule has 5 nitrogen and oxygen atoms in total. The number of aryl methyl sites for hydroxylation is 2. The summed E-state index contributed by atoms with van der Waals surface area (Å²) in [5.41, 5.74) is 1.30. The predicted molar refractivity (Wildman–Crippen MR) is 101 cm³/mol. The Bertz CT molecular complexity index is 1370. The number of benzene rings is 2. The lowest BCUT2D eigenvalue weighted by Crippen LogP contribution is -2.25. The van der Waals surface area contributed by atoms with E-state index in [0.29, 0.717) is 17.3 Å². The van der Waals surface area contributed by atoms with Crippen LogP contribution in [0.4, 0.5) is 13.2 Å². The summed E-state index contributed by atoms with van der Waals surface area (Å²) in [4.78, 5) is 4.25. The second kappa shape index (κ2) is 6.95. The molecule has 144 valence electrons. The highest BCUT2D eigenvalue weighted by atomic mass is 19.2. The van der Waals surface area contributed by atoms with Crippen LogP contribution in [0, 0.1) is 48.5 Å². The minimum atomic E-state index is -1.43. The summed E-state index contributed by atoms with van der Waals surface area (Å²) in [6.07, 6.45) is 0. The lowest BCUT2D eigenvalue weighted by molar-refractivity contribution is 0.486. The molecule has 0 fully saturated rings. The number of hydrogen-bond acceptors (Lipinski definition) is 3. The van der Waals surface area contributed by atoms with Crippen molar-refractivity contribution >= 4 is 11.0 Å². The fraction of sp³-hybridized carbons (Fsp3) is 0.0952. The summed E-state index contributed by atoms with van der Waals surface area (Å²) in [5.74, 6) is 1.75. The van der Waals surface area contributed by atoms with Gasteiger partial charge in [0, 0.05) is 11.3 Å². The van der Waals surface area contributed by atoms with E-state index in [1.807, 2.05) is 19.1 Å². The molecule has 0 bridgehead atoms. The second-order valence-corrected chi connectivity index (χ2v) is 6.47. The highest BCUT2D eigenvalue weighted by Crippen LogP contribution is 2.21. The summed E-state index contributed by atoms with van der Waals surface area (Å²) < 4.78 is 43.7. The van der Waals surface area contributed by atoms with Gasteiger partial charge in [-0.25, -0.2) is 13.2 Å². The van der Waals surface area contributed by atoms with Gasteiger partial charge in [0.05, 0.1) is 5.39 Å². The van der Waals surface area contributed by atoms with Crippen LogP contribution in [0.2, 0.25) is 0 Å². The first-order valence-corrected chi connectivity index (χ1v) is 8.61. The van der Waals surface area contributed by atoms with Crippen LogP contribution in [0.5, 0.6) is 0 Å². The molecule has 2 aromatic carbocycles. The second-order valence-electron chi connectivity index (χ2n) is 6.47. The molecule has 0 unspecified atom stereocenters. The third kappa shape index (κ3) is 3.17. The van der Waals surface area contributed by atoms with E-state index in [1.165, 1.54) is 0 Å². The SMILES string of the molecule is Cc1ccc(C#Cc2nc3n[nH]c(C)c3c(=N)n2-c2c(F)ccc(F)c2F)cc1. The van der Waals surface area contributed by atoms with E-state index in [0.717, 1.165) is 16.2 Å². The average molecular weight is 393 g/mol. The van der Waals surface area contributed by atoms with Crippen LogP contribution in [0.3, 0.4) is 0 Å². The number of nitrogens with zero attached hydrogens (tertiary/aromatic N) is 3. The molecule has 8 heteroatoms. The van der Waals surface area contributed by atoms with Crippen molar-refractivity contribution in [1.29, 1.82) is 5.41 Å². The van der Waals surface area contributed by atoms with Crippen LogP contribution in [0.1, 0.15) is 22.6 Å². The number of nitrogens with one attached hydrogen (secondary N) is 2. The minimum absolute atomic E-state index is 0.141. The molecular weight excluding hydrogens is 379 g/mol. The van der Waals surface area contributed by atoms with Crippen LogP contribution in [-0.4, -0.2) is 19.7 Å². The normalized spacial score (nSPS) is 10.8. The first-order chi connectivity index (χ1) is 13.9. The number of aromatic nitrogens is 4. The van der Waals surface area contributed by atoms with Gasteiger partial charge in [-0.1, -0.05) is 23.6 Å². The fourth-order valence-corrected chi connectivity index (χ4v) is 2.94. The highest BCUT2D eigenvalue weighted by Gasteiger charge is 2.21. The topological polar surface area (TPSA) is 70.3 Å². The van der Waals surface area contributed by atoms with Crippen LogP contribution in [0.25, 0.3) is 16.7 Å². The maximum Gasteiger partial charge on any atom is 0.194 e. The van der Waals surface area contributed by atoms with Crippen LogP contribution in [0.15, 0.2) is 36.4 Å². The molecule has 0 radical (unpaired) electrons. The standard InChI is InChI=1S/C21H14F3N5/c1-11-3-5-13(6-4-11)7-10-16-26-21-17(12(2)27-28-21)20(25)29(16)19-15(23)9-8-14(22)18(19)24/h3-6,8-9,25H,1-2H3,(H,27,28). The van der Waals surface area contributed by atoms with Crippen molar-refractivity contribution in [2.24, 2.45) is 0 Å². The number of fused-ring (bicyclic) bond motifs is 1. The molecule has 2 aromatic heterocycles. The Morgan fingerprint density at radius 1 is 0.966 bits per heavy atom. The number of halogens is 3. The van der Waals surface area contributed by atoms with E-state index >= 15 is 0 Å². The van der Waals surface area contributed by atoms with Crippen molar-refractivity contribution in [2.75, 3.05) is 0 Å². The van der Waals surface area contributed by atoms with E-state index in [-0.39, 0.29) is 22.3 Å². The maximum absolute atomic E-state index is 14.5. The van der Waals surface area contributed by atoms with Crippen molar-refractivity contribution in [3.05, 3.63) is 82.0 Å². The summed E-state index contributed by atoms with van der Waals surface area (Å²) in [7, 11) is 0. The van der Waals surface area contributed by atoms with Gasteiger partial charge in [0.25, 0.3) is 0 Å². The van der Waals surface area contributed by atoms with Gasteiger partial charge in [-0.2, -0.15) is 10.1 Å². The molecule has 0 saturated carbocycles. The van der Waals surface area contributed by atoms with Crippen LogP contribution < -0.4 is 5.49 Å². The summed E-state index contributed by atoms with van der Waals surface area (Å²) in [6.45, 7) is 3.58. The molecule has 29 heavy (non-hydrogen) atoms. The van der Waals surface area contributed by atoms with E-state index in [1.54, 1.807) is 19.1 Å². The van der Waals surface area contributed by atoms with Crippen molar-refractivity contribution in [3.63, 3.8) is 0 Å². The number of rotatable bonds is 1. The Labute approximate surface area is 163 Å². The first kappa shape index (κ1) is 18.5. The first-order valence-electron chi connectivity index (χ1n) is 8.61. The molecule has 0 aliphatic rings. The zero-order chi connectivity index (χ0) is 20.7. The zero-order valence-corrected chi connectivity index (χ0v) is 15.4. The van der Waals surface area contributed by atoms with Crippen molar-refractivity contribution in [3.8, 4) is 17.5 Å². The molecule has 4 aromatic rings. The number of hydrogen-bond donors (Lipinski definition) is 2. The van der Waals surface area contributed by atoms with Gasteiger partial charge in [0.15, 0.2) is 28.9 Å². The highest BCUT2D eigenvalue weighted by molar-refractivity contribution is 5.77. The monoisotopic (exact) mass is 393 g/mol. The van der Waals surface area contributed by atoms with Crippen LogP contribution in [-0.2, 0) is 0 Å². The lowest BCUT2D eigenvalue weighted by atomic mass is 10.1. The molecule has 0 spiro atoms. The molecule has 0 aliphatic heterocycles. The smallest absolute Gasteiger partial charge is 0.194 e. The molecule has 0 aliphatic carbocycles. The van der Waals surface area contributed by atoms with Gasteiger partial charge in [0.2, 0.25) is 0 Å². The number of aromatic amines is 1. The Kier molecular flexibility index (Phi) is 4.43.